The number of hydrogen-bond donors (Lipinski definition) is 1. The van der Waals surface area contributed by atoms with Crippen molar-refractivity contribution >= 4 is 34.1 Å². The normalized spacial score (nSPS) is 10.2. The van der Waals surface area contributed by atoms with Gasteiger partial charge in [-0.15, -0.1) is 0 Å². The monoisotopic (exact) mass is 389 g/mol. The molecule has 0 radical (unpaired) electrons. The van der Waals surface area contributed by atoms with Crippen molar-refractivity contribution in [2.45, 2.75) is 6.92 Å². The Morgan fingerprint density at radius 3 is 2.55 bits per heavy atom. The number of hydrogen-bond acceptors (Lipinski definition) is 3. The zero-order valence-corrected chi connectivity index (χ0v) is 12.3. The second kappa shape index (κ2) is 5.66. The van der Waals surface area contributed by atoms with E-state index in [-0.39, 0.29) is 11.4 Å². The predicted octanol–water partition coefficient (Wildman–Crippen LogP) is 4.03. The minimum absolute atomic E-state index is 0.270. The molecule has 3 nitrogen and oxygen atoms in total. The number of pyridine rings is 1. The van der Waals surface area contributed by atoms with Crippen molar-refractivity contribution in [1.29, 1.82) is 5.26 Å². The quantitative estimate of drug-likeness (QED) is 0.624. The van der Waals surface area contributed by atoms with Gasteiger partial charge >= 0.3 is 0 Å². The molecule has 20 heavy (non-hydrogen) atoms. The molecule has 0 aliphatic rings. The van der Waals surface area contributed by atoms with Crippen LogP contribution in [0.25, 0.3) is 0 Å². The molecule has 1 heterocycles. The number of halogens is 4. The van der Waals surface area contributed by atoms with Gasteiger partial charge in [-0.1, -0.05) is 0 Å². The molecule has 0 saturated carbocycles. The van der Waals surface area contributed by atoms with Gasteiger partial charge in [-0.2, -0.15) is 5.26 Å². The fraction of sp³-hybridized carbons (Fsp3) is 0.0769. The molecule has 0 aliphatic carbocycles. The highest BCUT2D eigenvalue weighted by molar-refractivity contribution is 14.1. The summed E-state index contributed by atoms with van der Waals surface area (Å²) in [4.78, 5) is 4.03. The first-order chi connectivity index (χ1) is 9.43. The van der Waals surface area contributed by atoms with Crippen LogP contribution in [0.5, 0.6) is 0 Å². The molecule has 1 aromatic heterocycles. The van der Waals surface area contributed by atoms with Crippen molar-refractivity contribution in [1.82, 2.24) is 4.98 Å². The van der Waals surface area contributed by atoms with E-state index in [4.69, 9.17) is 5.26 Å². The molecule has 0 bridgehead atoms. The molecular formula is C13H7F3IN3. The SMILES string of the molecule is Cc1cc(I)cnc1Nc1c(C#N)cc(F)c(F)c1F. The van der Waals surface area contributed by atoms with Gasteiger partial charge in [-0.3, -0.25) is 0 Å². The summed E-state index contributed by atoms with van der Waals surface area (Å²) in [6, 6.07) is 4.04. The molecule has 0 saturated heterocycles. The Hall–Kier alpha value is -1.82. The molecule has 0 fully saturated rings. The molecule has 1 N–H and O–H groups in total. The highest BCUT2D eigenvalue weighted by Crippen LogP contribution is 2.28. The van der Waals surface area contributed by atoms with Crippen molar-refractivity contribution in [2.24, 2.45) is 0 Å². The maximum atomic E-state index is 13.7. The summed E-state index contributed by atoms with van der Waals surface area (Å²) in [6.07, 6.45) is 1.53. The van der Waals surface area contributed by atoms with Crippen LogP contribution in [0, 0.1) is 39.3 Å². The number of aryl methyl sites for hydroxylation is 1. The molecule has 0 amide bonds. The van der Waals surface area contributed by atoms with E-state index in [1.54, 1.807) is 19.1 Å². The lowest BCUT2D eigenvalue weighted by molar-refractivity contribution is 0.449. The Kier molecular flexibility index (Phi) is 4.13. The molecule has 2 rings (SSSR count). The molecule has 1 aromatic carbocycles. The second-order valence-electron chi connectivity index (χ2n) is 3.96. The van der Waals surface area contributed by atoms with Crippen molar-refractivity contribution in [3.05, 3.63) is 50.5 Å². The maximum absolute atomic E-state index is 13.7. The Bertz CT molecular complexity index is 726. The van der Waals surface area contributed by atoms with Crippen LogP contribution in [-0.2, 0) is 0 Å². The van der Waals surface area contributed by atoms with Gasteiger partial charge < -0.3 is 5.32 Å². The topological polar surface area (TPSA) is 48.7 Å². The summed E-state index contributed by atoms with van der Waals surface area (Å²) in [7, 11) is 0. The van der Waals surface area contributed by atoms with Gasteiger partial charge in [-0.25, -0.2) is 18.2 Å². The van der Waals surface area contributed by atoms with Crippen LogP contribution in [0.15, 0.2) is 18.3 Å². The summed E-state index contributed by atoms with van der Waals surface area (Å²) in [5.74, 6) is -4.21. The van der Waals surface area contributed by atoms with E-state index >= 15 is 0 Å². The van der Waals surface area contributed by atoms with Crippen LogP contribution in [0.3, 0.4) is 0 Å². The minimum Gasteiger partial charge on any atom is -0.336 e. The molecule has 0 aliphatic heterocycles. The van der Waals surface area contributed by atoms with Crippen LogP contribution < -0.4 is 5.32 Å². The molecule has 102 valence electrons. The Labute approximate surface area is 126 Å². The van der Waals surface area contributed by atoms with Gasteiger partial charge in [-0.05, 0) is 47.2 Å². The first-order valence-electron chi connectivity index (χ1n) is 5.40. The van der Waals surface area contributed by atoms with Gasteiger partial charge in [0.2, 0.25) is 0 Å². The fourth-order valence-electron chi connectivity index (χ4n) is 1.60. The van der Waals surface area contributed by atoms with E-state index < -0.39 is 23.1 Å². The number of benzene rings is 1. The van der Waals surface area contributed by atoms with E-state index in [1.807, 2.05) is 0 Å². The lowest BCUT2D eigenvalue weighted by Crippen LogP contribution is -2.05. The third-order valence-electron chi connectivity index (χ3n) is 2.57. The van der Waals surface area contributed by atoms with Gasteiger partial charge in [0.15, 0.2) is 17.5 Å². The number of nitriles is 1. The van der Waals surface area contributed by atoms with Crippen LogP contribution in [0.4, 0.5) is 24.7 Å². The van der Waals surface area contributed by atoms with Crippen LogP contribution in [0.2, 0.25) is 0 Å². The Balaban J connectivity index is 2.54. The number of aromatic nitrogens is 1. The summed E-state index contributed by atoms with van der Waals surface area (Å²) in [5.41, 5.74) is -0.0747. The highest BCUT2D eigenvalue weighted by Gasteiger charge is 2.19. The van der Waals surface area contributed by atoms with E-state index in [0.29, 0.717) is 11.6 Å². The maximum Gasteiger partial charge on any atom is 0.196 e. The molecule has 0 atom stereocenters. The average molecular weight is 389 g/mol. The van der Waals surface area contributed by atoms with Gasteiger partial charge in [0, 0.05) is 9.77 Å². The number of anilines is 2. The Morgan fingerprint density at radius 2 is 1.95 bits per heavy atom. The van der Waals surface area contributed by atoms with Crippen LogP contribution in [0.1, 0.15) is 11.1 Å². The third kappa shape index (κ3) is 2.70. The number of rotatable bonds is 2. The highest BCUT2D eigenvalue weighted by atomic mass is 127. The standard InChI is InChI=1S/C13H7F3IN3/c1-6-2-8(17)5-19-13(6)20-12-7(4-18)3-9(14)10(15)11(12)16/h2-3,5H,1H3,(H,19,20). The van der Waals surface area contributed by atoms with Crippen LogP contribution in [-0.4, -0.2) is 4.98 Å². The fourth-order valence-corrected chi connectivity index (χ4v) is 2.20. The minimum atomic E-state index is -1.63. The smallest absolute Gasteiger partial charge is 0.196 e. The lowest BCUT2D eigenvalue weighted by Gasteiger charge is -2.11. The Morgan fingerprint density at radius 1 is 1.25 bits per heavy atom. The zero-order valence-electron chi connectivity index (χ0n) is 10.1. The van der Waals surface area contributed by atoms with Crippen molar-refractivity contribution < 1.29 is 13.2 Å². The van der Waals surface area contributed by atoms with Crippen LogP contribution >= 0.6 is 22.6 Å². The third-order valence-corrected chi connectivity index (χ3v) is 3.16. The van der Waals surface area contributed by atoms with Gasteiger partial charge in [0.1, 0.15) is 11.9 Å². The van der Waals surface area contributed by atoms with Crippen molar-refractivity contribution in [2.75, 3.05) is 5.32 Å². The van der Waals surface area contributed by atoms with Gasteiger partial charge in [0.25, 0.3) is 0 Å². The molecular weight excluding hydrogens is 382 g/mol. The largest absolute Gasteiger partial charge is 0.336 e. The van der Waals surface area contributed by atoms with E-state index in [0.717, 1.165) is 3.57 Å². The van der Waals surface area contributed by atoms with E-state index in [2.05, 4.69) is 32.9 Å². The van der Waals surface area contributed by atoms with Gasteiger partial charge in [0.05, 0.1) is 11.3 Å². The number of nitrogens with one attached hydrogen (secondary N) is 1. The summed E-state index contributed by atoms with van der Waals surface area (Å²) >= 11 is 2.06. The predicted molar refractivity (Wildman–Crippen MR) is 76.0 cm³/mol. The van der Waals surface area contributed by atoms with E-state index in [1.165, 1.54) is 6.20 Å². The average Bonchev–Trinajstić information content (AvgIpc) is 2.41. The van der Waals surface area contributed by atoms with Crippen molar-refractivity contribution in [3.8, 4) is 6.07 Å². The summed E-state index contributed by atoms with van der Waals surface area (Å²) in [6.45, 7) is 1.72. The lowest BCUT2D eigenvalue weighted by atomic mass is 10.1. The van der Waals surface area contributed by atoms with E-state index in [9.17, 15) is 13.2 Å². The number of nitrogens with zero attached hydrogens (tertiary/aromatic N) is 2. The first-order valence-corrected chi connectivity index (χ1v) is 6.48. The zero-order chi connectivity index (χ0) is 14.9. The molecule has 0 unspecified atom stereocenters. The first kappa shape index (κ1) is 14.6. The molecule has 7 heteroatoms. The molecule has 2 aromatic rings. The van der Waals surface area contributed by atoms with Crippen molar-refractivity contribution in [3.63, 3.8) is 0 Å². The summed E-state index contributed by atoms with van der Waals surface area (Å²) < 4.78 is 40.9. The summed E-state index contributed by atoms with van der Waals surface area (Å²) in [5, 5.41) is 11.4. The second-order valence-corrected chi connectivity index (χ2v) is 5.21. The molecule has 0 spiro atoms.